The van der Waals surface area contributed by atoms with Crippen molar-refractivity contribution in [2.45, 2.75) is 46.6 Å². The van der Waals surface area contributed by atoms with Crippen molar-refractivity contribution in [3.63, 3.8) is 0 Å². The number of benzene rings is 1. The van der Waals surface area contributed by atoms with Crippen LogP contribution < -0.4 is 5.73 Å². The summed E-state index contributed by atoms with van der Waals surface area (Å²) in [6.45, 7) is 11.6. The Morgan fingerprint density at radius 1 is 1.10 bits per heavy atom. The number of hydrogen-bond acceptors (Lipinski definition) is 2. The summed E-state index contributed by atoms with van der Waals surface area (Å²) in [5.74, 6) is 0. The van der Waals surface area contributed by atoms with E-state index in [9.17, 15) is 0 Å². The Balaban J connectivity index is 2.61. The first-order valence-electron chi connectivity index (χ1n) is 7.09. The van der Waals surface area contributed by atoms with Gasteiger partial charge in [0.2, 0.25) is 0 Å². The van der Waals surface area contributed by atoms with Gasteiger partial charge in [-0.05, 0) is 42.0 Å². The summed E-state index contributed by atoms with van der Waals surface area (Å²) in [4.78, 5) is 0. The molecule has 20 heavy (non-hydrogen) atoms. The van der Waals surface area contributed by atoms with Crippen molar-refractivity contribution in [1.29, 1.82) is 0 Å². The average molecular weight is 271 g/mol. The molecule has 3 heteroatoms. The van der Waals surface area contributed by atoms with Crippen molar-refractivity contribution in [2.24, 2.45) is 12.8 Å². The molecule has 0 radical (unpaired) electrons. The molecule has 0 saturated carbocycles. The molecule has 108 valence electrons. The van der Waals surface area contributed by atoms with Crippen molar-refractivity contribution < 1.29 is 0 Å². The van der Waals surface area contributed by atoms with Gasteiger partial charge in [0.25, 0.3) is 0 Å². The molecule has 2 rings (SSSR count). The monoisotopic (exact) mass is 271 g/mol. The van der Waals surface area contributed by atoms with Gasteiger partial charge in [0.05, 0.1) is 11.4 Å². The zero-order valence-corrected chi connectivity index (χ0v) is 13.4. The van der Waals surface area contributed by atoms with Crippen LogP contribution in [0.2, 0.25) is 0 Å². The smallest absolute Gasteiger partial charge is 0.0766 e. The van der Waals surface area contributed by atoms with Crippen molar-refractivity contribution >= 4 is 0 Å². The van der Waals surface area contributed by atoms with Crippen LogP contribution in [0, 0.1) is 13.8 Å². The molecule has 2 N–H and O–H groups in total. The standard InChI is InChI=1S/C17H25N3/c1-11-7-13(17(3,4)5)8-12(2)16(11)15-9-14(10-18)19-20(15)6/h7-9H,10,18H2,1-6H3. The summed E-state index contributed by atoms with van der Waals surface area (Å²) in [6, 6.07) is 6.67. The molecule has 0 amide bonds. The Bertz CT molecular complexity index is 607. The molecule has 0 fully saturated rings. The van der Waals surface area contributed by atoms with Crippen LogP contribution in [-0.4, -0.2) is 9.78 Å². The summed E-state index contributed by atoms with van der Waals surface area (Å²) < 4.78 is 1.92. The third-order valence-electron chi connectivity index (χ3n) is 3.79. The van der Waals surface area contributed by atoms with Gasteiger partial charge >= 0.3 is 0 Å². The fourth-order valence-electron chi connectivity index (χ4n) is 2.66. The van der Waals surface area contributed by atoms with E-state index in [2.05, 4.69) is 57.9 Å². The summed E-state index contributed by atoms with van der Waals surface area (Å²) in [5, 5.41) is 4.45. The molecule has 0 unspecified atom stereocenters. The van der Waals surface area contributed by atoms with Crippen molar-refractivity contribution in [1.82, 2.24) is 9.78 Å². The van der Waals surface area contributed by atoms with Crippen LogP contribution in [0.5, 0.6) is 0 Å². The fourth-order valence-corrected chi connectivity index (χ4v) is 2.66. The summed E-state index contributed by atoms with van der Waals surface area (Å²) in [5.41, 5.74) is 13.2. The van der Waals surface area contributed by atoms with E-state index in [1.807, 2.05) is 11.7 Å². The van der Waals surface area contributed by atoms with Crippen LogP contribution in [-0.2, 0) is 19.0 Å². The van der Waals surface area contributed by atoms with E-state index in [1.54, 1.807) is 0 Å². The van der Waals surface area contributed by atoms with Gasteiger partial charge in [0.15, 0.2) is 0 Å². The summed E-state index contributed by atoms with van der Waals surface area (Å²) in [7, 11) is 1.98. The third kappa shape index (κ3) is 2.63. The van der Waals surface area contributed by atoms with E-state index in [1.165, 1.54) is 22.3 Å². The molecule has 0 aliphatic carbocycles. The molecule has 1 aromatic carbocycles. The fraction of sp³-hybridized carbons (Fsp3) is 0.471. The van der Waals surface area contributed by atoms with Gasteiger partial charge < -0.3 is 5.73 Å². The van der Waals surface area contributed by atoms with E-state index in [0.29, 0.717) is 6.54 Å². The number of aromatic nitrogens is 2. The van der Waals surface area contributed by atoms with Crippen LogP contribution in [0.15, 0.2) is 18.2 Å². The highest BCUT2D eigenvalue weighted by atomic mass is 15.3. The van der Waals surface area contributed by atoms with E-state index < -0.39 is 0 Å². The zero-order chi connectivity index (χ0) is 15.1. The highest BCUT2D eigenvalue weighted by Gasteiger charge is 2.18. The maximum atomic E-state index is 5.69. The van der Waals surface area contributed by atoms with Crippen molar-refractivity contribution in [3.05, 3.63) is 40.6 Å². The van der Waals surface area contributed by atoms with Gasteiger partial charge in [0.1, 0.15) is 0 Å². The molecule has 1 heterocycles. The predicted octanol–water partition coefficient (Wildman–Crippen LogP) is 3.46. The van der Waals surface area contributed by atoms with Gasteiger partial charge in [-0.1, -0.05) is 32.9 Å². The minimum Gasteiger partial charge on any atom is -0.325 e. The van der Waals surface area contributed by atoms with E-state index >= 15 is 0 Å². The topological polar surface area (TPSA) is 43.8 Å². The average Bonchev–Trinajstić information content (AvgIpc) is 2.69. The summed E-state index contributed by atoms with van der Waals surface area (Å²) in [6.07, 6.45) is 0. The second-order valence-corrected chi connectivity index (χ2v) is 6.58. The third-order valence-corrected chi connectivity index (χ3v) is 3.79. The lowest BCUT2D eigenvalue weighted by atomic mass is 9.83. The zero-order valence-electron chi connectivity index (χ0n) is 13.4. The maximum absolute atomic E-state index is 5.69. The van der Waals surface area contributed by atoms with E-state index in [0.717, 1.165) is 11.4 Å². The minimum atomic E-state index is 0.170. The molecule has 1 aromatic heterocycles. The van der Waals surface area contributed by atoms with E-state index in [-0.39, 0.29) is 5.41 Å². The first-order valence-corrected chi connectivity index (χ1v) is 7.09. The lowest BCUT2D eigenvalue weighted by Crippen LogP contribution is -2.12. The highest BCUT2D eigenvalue weighted by molar-refractivity contribution is 5.69. The molecule has 0 aliphatic heterocycles. The predicted molar refractivity (Wildman–Crippen MR) is 84.7 cm³/mol. The Kier molecular flexibility index (Phi) is 3.74. The van der Waals surface area contributed by atoms with Gasteiger partial charge in [-0.3, -0.25) is 4.68 Å². The molecular weight excluding hydrogens is 246 g/mol. The first kappa shape index (κ1) is 14.8. The maximum Gasteiger partial charge on any atom is 0.0766 e. The lowest BCUT2D eigenvalue weighted by Gasteiger charge is -2.22. The molecule has 3 nitrogen and oxygen atoms in total. The van der Waals surface area contributed by atoms with Gasteiger partial charge in [-0.25, -0.2) is 0 Å². The number of hydrogen-bond donors (Lipinski definition) is 1. The lowest BCUT2D eigenvalue weighted by molar-refractivity contribution is 0.589. The van der Waals surface area contributed by atoms with Crippen LogP contribution in [0.3, 0.4) is 0 Å². The molecule has 0 aliphatic rings. The molecule has 2 aromatic rings. The Morgan fingerprint density at radius 2 is 1.65 bits per heavy atom. The van der Waals surface area contributed by atoms with Crippen LogP contribution in [0.25, 0.3) is 11.3 Å². The SMILES string of the molecule is Cc1cc(C(C)(C)C)cc(C)c1-c1cc(CN)nn1C. The van der Waals surface area contributed by atoms with Gasteiger partial charge in [0, 0.05) is 19.2 Å². The normalized spacial score (nSPS) is 11.9. The second-order valence-electron chi connectivity index (χ2n) is 6.58. The quantitative estimate of drug-likeness (QED) is 0.909. The number of aryl methyl sites for hydroxylation is 3. The van der Waals surface area contributed by atoms with Crippen LogP contribution in [0.1, 0.15) is 43.2 Å². The van der Waals surface area contributed by atoms with Crippen molar-refractivity contribution in [3.8, 4) is 11.3 Å². The molecule has 0 atom stereocenters. The number of rotatable bonds is 2. The van der Waals surface area contributed by atoms with Gasteiger partial charge in [-0.15, -0.1) is 0 Å². The Hall–Kier alpha value is -1.61. The largest absolute Gasteiger partial charge is 0.325 e. The van der Waals surface area contributed by atoms with Crippen LogP contribution >= 0.6 is 0 Å². The van der Waals surface area contributed by atoms with Crippen molar-refractivity contribution in [2.75, 3.05) is 0 Å². The summed E-state index contributed by atoms with van der Waals surface area (Å²) >= 11 is 0. The molecule has 0 saturated heterocycles. The molecule has 0 spiro atoms. The minimum absolute atomic E-state index is 0.170. The van der Waals surface area contributed by atoms with Crippen LogP contribution in [0.4, 0.5) is 0 Å². The van der Waals surface area contributed by atoms with E-state index in [4.69, 9.17) is 5.73 Å². The first-order chi connectivity index (χ1) is 9.24. The number of nitrogens with zero attached hydrogens (tertiary/aromatic N) is 2. The Morgan fingerprint density at radius 3 is 2.05 bits per heavy atom. The Labute approximate surface area is 121 Å². The number of nitrogens with two attached hydrogens (primary N) is 1. The van der Waals surface area contributed by atoms with Gasteiger partial charge in [-0.2, -0.15) is 5.10 Å². The molecule has 0 bridgehead atoms. The highest BCUT2D eigenvalue weighted by Crippen LogP contribution is 2.32. The second kappa shape index (κ2) is 5.06. The molecular formula is C17H25N3.